The highest BCUT2D eigenvalue weighted by atomic mass is 16.5. The maximum absolute atomic E-state index is 13.3. The number of anilines is 1. The molecule has 2 aliphatic rings. The molecule has 33 heavy (non-hydrogen) atoms. The lowest BCUT2D eigenvalue weighted by Crippen LogP contribution is -2.45. The lowest BCUT2D eigenvalue weighted by atomic mass is 10.1. The molecule has 0 aromatic heterocycles. The van der Waals surface area contributed by atoms with Crippen LogP contribution in [-0.4, -0.2) is 66.8 Å². The van der Waals surface area contributed by atoms with Crippen molar-refractivity contribution < 1.29 is 14.3 Å². The summed E-state index contributed by atoms with van der Waals surface area (Å²) < 4.78 is 5.28. The van der Waals surface area contributed by atoms with Gasteiger partial charge in [-0.3, -0.25) is 14.6 Å². The number of ether oxygens (including phenoxy) is 1. The topological polar surface area (TPSA) is 122 Å². The highest BCUT2D eigenvalue weighted by molar-refractivity contribution is 6.02. The molecule has 0 aliphatic carbocycles. The zero-order valence-corrected chi connectivity index (χ0v) is 19.2. The highest BCUT2D eigenvalue weighted by Crippen LogP contribution is 2.23. The van der Waals surface area contributed by atoms with E-state index in [1.807, 2.05) is 25.1 Å². The quantitative estimate of drug-likeness (QED) is 0.525. The number of benzene rings is 1. The van der Waals surface area contributed by atoms with Crippen molar-refractivity contribution in [3.05, 3.63) is 23.8 Å². The molecule has 174 valence electrons. The molecule has 0 bridgehead atoms. The van der Waals surface area contributed by atoms with Gasteiger partial charge in [0.1, 0.15) is 17.6 Å². The van der Waals surface area contributed by atoms with Crippen LogP contribution in [0, 0.1) is 35.5 Å². The summed E-state index contributed by atoms with van der Waals surface area (Å²) in [4.78, 5) is 33.8. The molecule has 1 aromatic carbocycles. The van der Waals surface area contributed by atoms with Gasteiger partial charge in [0.15, 0.2) is 5.92 Å². The SMILES string of the molecule is COc1ccc(NC(=N[C@H]2CCCCN(CC(=O)N3CCCC3)C2=O)C(C#N)C#N)cc1C. The van der Waals surface area contributed by atoms with Crippen molar-refractivity contribution in [2.24, 2.45) is 10.9 Å². The fraction of sp³-hybridized carbons (Fsp3) is 0.542. The summed E-state index contributed by atoms with van der Waals surface area (Å²) in [6, 6.07) is 8.52. The standard InChI is InChI=1S/C24H30N6O3/c1-17-13-19(8-9-21(17)33-2)27-23(18(14-25)15-26)28-20-7-3-4-12-30(24(20)32)16-22(31)29-10-5-6-11-29/h8-9,13,18,20H,3-7,10-12,16H2,1-2H3,(H,27,28)/t20-/m0/s1. The van der Waals surface area contributed by atoms with E-state index in [4.69, 9.17) is 4.74 Å². The summed E-state index contributed by atoms with van der Waals surface area (Å²) in [5, 5.41) is 22.1. The van der Waals surface area contributed by atoms with Crippen molar-refractivity contribution in [2.75, 3.05) is 38.6 Å². The van der Waals surface area contributed by atoms with E-state index in [1.54, 1.807) is 29.0 Å². The summed E-state index contributed by atoms with van der Waals surface area (Å²) in [6.45, 7) is 3.92. The van der Waals surface area contributed by atoms with E-state index in [-0.39, 0.29) is 24.2 Å². The van der Waals surface area contributed by atoms with Gasteiger partial charge < -0.3 is 19.9 Å². The Bertz CT molecular complexity index is 973. The molecule has 2 amide bonds. The van der Waals surface area contributed by atoms with E-state index in [1.165, 1.54) is 0 Å². The average molecular weight is 451 g/mol. The van der Waals surface area contributed by atoms with Crippen molar-refractivity contribution in [2.45, 2.75) is 45.1 Å². The first-order chi connectivity index (χ1) is 16.0. The molecule has 3 rings (SSSR count). The molecule has 2 heterocycles. The number of likely N-dealkylation sites (tertiary alicyclic amines) is 2. The third-order valence-electron chi connectivity index (χ3n) is 6.03. The second-order valence-electron chi connectivity index (χ2n) is 8.37. The van der Waals surface area contributed by atoms with Crippen molar-refractivity contribution in [3.8, 4) is 17.9 Å². The van der Waals surface area contributed by atoms with Crippen LogP contribution in [0.4, 0.5) is 5.69 Å². The Hall–Kier alpha value is -3.59. The Labute approximate surface area is 194 Å². The second kappa shape index (κ2) is 11.3. The van der Waals surface area contributed by atoms with Gasteiger partial charge in [0.2, 0.25) is 11.8 Å². The van der Waals surface area contributed by atoms with Gasteiger partial charge in [-0.15, -0.1) is 0 Å². The molecule has 2 saturated heterocycles. The molecule has 2 fully saturated rings. The molecule has 0 saturated carbocycles. The van der Waals surface area contributed by atoms with Crippen LogP contribution in [0.15, 0.2) is 23.2 Å². The van der Waals surface area contributed by atoms with Crippen LogP contribution in [0.5, 0.6) is 5.75 Å². The monoisotopic (exact) mass is 450 g/mol. The van der Waals surface area contributed by atoms with Crippen LogP contribution in [0.3, 0.4) is 0 Å². The van der Waals surface area contributed by atoms with E-state index >= 15 is 0 Å². The Balaban J connectivity index is 1.82. The van der Waals surface area contributed by atoms with E-state index in [0.29, 0.717) is 24.4 Å². The lowest BCUT2D eigenvalue weighted by molar-refractivity contribution is -0.140. The second-order valence-corrected chi connectivity index (χ2v) is 8.37. The van der Waals surface area contributed by atoms with E-state index in [0.717, 1.165) is 44.3 Å². The molecule has 0 radical (unpaired) electrons. The van der Waals surface area contributed by atoms with Gasteiger partial charge in [0.05, 0.1) is 25.8 Å². The number of amidine groups is 1. The fourth-order valence-electron chi connectivity index (χ4n) is 4.19. The number of rotatable bonds is 6. The van der Waals surface area contributed by atoms with Crippen LogP contribution in [0.1, 0.15) is 37.7 Å². The minimum atomic E-state index is -1.15. The number of nitrogens with one attached hydrogen (secondary N) is 1. The number of hydrogen-bond donors (Lipinski definition) is 1. The maximum atomic E-state index is 13.3. The van der Waals surface area contributed by atoms with E-state index < -0.39 is 12.0 Å². The summed E-state index contributed by atoms with van der Waals surface area (Å²) in [5.74, 6) is -0.573. The molecule has 1 atom stereocenters. The maximum Gasteiger partial charge on any atom is 0.247 e. The van der Waals surface area contributed by atoms with Crippen LogP contribution in [0.25, 0.3) is 0 Å². The largest absolute Gasteiger partial charge is 0.496 e. The molecule has 1 N–H and O–H groups in total. The van der Waals surface area contributed by atoms with Gasteiger partial charge in [-0.1, -0.05) is 0 Å². The molecule has 0 unspecified atom stereocenters. The predicted molar refractivity (Wildman–Crippen MR) is 124 cm³/mol. The van der Waals surface area contributed by atoms with E-state index in [9.17, 15) is 20.1 Å². The number of hydrogen-bond acceptors (Lipinski definition) is 6. The van der Waals surface area contributed by atoms with Crippen LogP contribution >= 0.6 is 0 Å². The Morgan fingerprint density at radius 1 is 1.21 bits per heavy atom. The predicted octanol–water partition coefficient (Wildman–Crippen LogP) is 2.48. The first-order valence-electron chi connectivity index (χ1n) is 11.3. The molecule has 2 aliphatic heterocycles. The van der Waals surface area contributed by atoms with Crippen LogP contribution in [0.2, 0.25) is 0 Å². The average Bonchev–Trinajstić information content (AvgIpc) is 3.30. The zero-order valence-electron chi connectivity index (χ0n) is 19.2. The number of carbonyl (C=O) groups is 2. The van der Waals surface area contributed by atoms with Gasteiger partial charge in [-0.05, 0) is 62.8 Å². The summed E-state index contributed by atoms with van der Waals surface area (Å²) >= 11 is 0. The minimum absolute atomic E-state index is 0.0375. The number of nitriles is 2. The van der Waals surface area contributed by atoms with Gasteiger partial charge in [-0.25, -0.2) is 0 Å². The first-order valence-corrected chi connectivity index (χ1v) is 11.3. The number of nitrogens with zero attached hydrogens (tertiary/aromatic N) is 5. The Kier molecular flexibility index (Phi) is 8.26. The molecule has 0 spiro atoms. The number of aryl methyl sites for hydroxylation is 1. The van der Waals surface area contributed by atoms with Gasteiger partial charge in [0.25, 0.3) is 0 Å². The number of carbonyl (C=O) groups excluding carboxylic acids is 2. The normalized spacial score (nSPS) is 19.1. The van der Waals surface area contributed by atoms with E-state index in [2.05, 4.69) is 10.3 Å². The third-order valence-corrected chi connectivity index (χ3v) is 6.03. The Morgan fingerprint density at radius 2 is 1.91 bits per heavy atom. The van der Waals surface area contributed by atoms with Crippen molar-refractivity contribution in [3.63, 3.8) is 0 Å². The van der Waals surface area contributed by atoms with Crippen molar-refractivity contribution >= 4 is 23.3 Å². The number of amides is 2. The molecular formula is C24H30N6O3. The summed E-state index contributed by atoms with van der Waals surface area (Å²) in [7, 11) is 1.58. The number of methoxy groups -OCH3 is 1. The molecule has 9 nitrogen and oxygen atoms in total. The van der Waals surface area contributed by atoms with Gasteiger partial charge in [-0.2, -0.15) is 10.5 Å². The fourth-order valence-corrected chi connectivity index (χ4v) is 4.19. The van der Waals surface area contributed by atoms with Gasteiger partial charge >= 0.3 is 0 Å². The molecule has 1 aromatic rings. The summed E-state index contributed by atoms with van der Waals surface area (Å²) in [6.07, 6.45) is 4.05. The lowest BCUT2D eigenvalue weighted by Gasteiger charge is -2.25. The first kappa shape index (κ1) is 24.1. The van der Waals surface area contributed by atoms with Crippen LogP contribution in [-0.2, 0) is 9.59 Å². The highest BCUT2D eigenvalue weighted by Gasteiger charge is 2.31. The van der Waals surface area contributed by atoms with Crippen LogP contribution < -0.4 is 10.1 Å². The molecular weight excluding hydrogens is 420 g/mol. The Morgan fingerprint density at radius 3 is 2.55 bits per heavy atom. The van der Waals surface area contributed by atoms with Crippen molar-refractivity contribution in [1.82, 2.24) is 9.80 Å². The zero-order chi connectivity index (χ0) is 23.8. The molecule has 9 heteroatoms. The minimum Gasteiger partial charge on any atom is -0.496 e. The third kappa shape index (κ3) is 6.01. The number of aliphatic imine (C=N–C) groups is 1. The van der Waals surface area contributed by atoms with Gasteiger partial charge in [0, 0.05) is 25.3 Å². The smallest absolute Gasteiger partial charge is 0.247 e. The summed E-state index contributed by atoms with van der Waals surface area (Å²) in [5.41, 5.74) is 1.52. The van der Waals surface area contributed by atoms with Crippen molar-refractivity contribution in [1.29, 1.82) is 10.5 Å².